The van der Waals surface area contributed by atoms with Crippen LogP contribution in [-0.4, -0.2) is 19.0 Å². The van der Waals surface area contributed by atoms with Crippen LogP contribution >= 0.6 is 46.7 Å². The van der Waals surface area contributed by atoms with Crippen molar-refractivity contribution < 1.29 is 0 Å². The molecule has 0 aliphatic carbocycles. The fourth-order valence-electron chi connectivity index (χ4n) is 1.82. The number of halogens is 1. The maximum Gasteiger partial charge on any atom is 0.191 e. The van der Waals surface area contributed by atoms with Crippen molar-refractivity contribution >= 4 is 52.6 Å². The van der Waals surface area contributed by atoms with Gasteiger partial charge in [0.05, 0.1) is 6.54 Å². The second-order valence-electron chi connectivity index (χ2n) is 4.67. The van der Waals surface area contributed by atoms with E-state index in [1.165, 1.54) is 11.1 Å². The van der Waals surface area contributed by atoms with E-state index in [-0.39, 0.29) is 24.0 Å². The Kier molecular flexibility index (Phi) is 8.94. The molecule has 6 heteroatoms. The molecule has 0 spiro atoms. The van der Waals surface area contributed by atoms with Gasteiger partial charge in [-0.25, -0.2) is 4.99 Å². The topological polar surface area (TPSA) is 36.4 Å². The summed E-state index contributed by atoms with van der Waals surface area (Å²) in [6.07, 6.45) is 0. The molecule has 2 N–H and O–H groups in total. The van der Waals surface area contributed by atoms with E-state index in [2.05, 4.69) is 63.1 Å². The van der Waals surface area contributed by atoms with Crippen molar-refractivity contribution in [2.24, 2.45) is 4.99 Å². The molecule has 0 fully saturated rings. The molecule has 3 nitrogen and oxygen atoms in total. The van der Waals surface area contributed by atoms with Crippen LogP contribution in [0.5, 0.6) is 0 Å². The summed E-state index contributed by atoms with van der Waals surface area (Å²) in [4.78, 5) is 4.61. The summed E-state index contributed by atoms with van der Waals surface area (Å²) in [7, 11) is 0. The zero-order chi connectivity index (χ0) is 14.2. The van der Waals surface area contributed by atoms with Crippen molar-refractivity contribution in [3.05, 3.63) is 44.8 Å². The van der Waals surface area contributed by atoms with Gasteiger partial charge in [0, 0.05) is 13.1 Å². The van der Waals surface area contributed by atoms with Crippen LogP contribution in [0.2, 0.25) is 0 Å². The summed E-state index contributed by atoms with van der Waals surface area (Å²) in [5, 5.41) is 15.3. The van der Waals surface area contributed by atoms with E-state index >= 15 is 0 Å². The summed E-state index contributed by atoms with van der Waals surface area (Å²) in [5.74, 6) is 1.38. The molecule has 116 valence electrons. The maximum absolute atomic E-state index is 4.61. The first-order chi connectivity index (χ1) is 9.79. The Hall–Kier alpha value is -0.600. The first kappa shape index (κ1) is 18.4. The van der Waals surface area contributed by atoms with Crippen molar-refractivity contribution in [3.8, 4) is 0 Å². The fourth-order valence-corrected chi connectivity index (χ4v) is 3.26. The van der Waals surface area contributed by atoms with Crippen LogP contribution in [0.15, 0.2) is 38.6 Å². The molecule has 1 atom stereocenters. The fraction of sp³-hybridized carbons (Fsp3) is 0.400. The molecule has 0 aliphatic heterocycles. The summed E-state index contributed by atoms with van der Waals surface area (Å²) >= 11 is 3.46. The van der Waals surface area contributed by atoms with Gasteiger partial charge in [-0.1, -0.05) is 6.92 Å². The zero-order valence-electron chi connectivity index (χ0n) is 12.3. The van der Waals surface area contributed by atoms with Gasteiger partial charge in [-0.05, 0) is 57.6 Å². The Labute approximate surface area is 151 Å². The number of thiophene rings is 2. The molecule has 21 heavy (non-hydrogen) atoms. The lowest BCUT2D eigenvalue weighted by molar-refractivity contribution is 0.702. The molecule has 1 unspecified atom stereocenters. The largest absolute Gasteiger partial charge is 0.357 e. The third-order valence-corrected chi connectivity index (χ3v) is 4.47. The Bertz CT molecular complexity index is 509. The number of hydrogen-bond acceptors (Lipinski definition) is 3. The smallest absolute Gasteiger partial charge is 0.191 e. The van der Waals surface area contributed by atoms with Crippen LogP contribution in [0.4, 0.5) is 0 Å². The highest BCUT2D eigenvalue weighted by Gasteiger charge is 2.06. The van der Waals surface area contributed by atoms with Crippen molar-refractivity contribution in [2.75, 3.05) is 13.1 Å². The molecule has 0 amide bonds. The average Bonchev–Trinajstić information content (AvgIpc) is 3.13. The van der Waals surface area contributed by atoms with Crippen LogP contribution in [0.3, 0.4) is 0 Å². The number of aliphatic imine (C=N–C) groups is 1. The SMILES string of the molecule is CCNC(=NCc1ccsc1)NCC(C)c1ccsc1.I. The molecule has 0 bridgehead atoms. The number of rotatable bonds is 6. The van der Waals surface area contributed by atoms with Crippen LogP contribution in [0.25, 0.3) is 0 Å². The van der Waals surface area contributed by atoms with Crippen molar-refractivity contribution in [3.63, 3.8) is 0 Å². The standard InChI is InChI=1S/C15H21N3S2.HI/c1-3-16-15(18-9-13-4-6-19-10-13)17-8-12(2)14-5-7-20-11-14;/h4-7,10-12H,3,8-9H2,1-2H3,(H2,16,17,18);1H. The lowest BCUT2D eigenvalue weighted by atomic mass is 10.1. The van der Waals surface area contributed by atoms with Crippen molar-refractivity contribution in [1.82, 2.24) is 10.6 Å². The van der Waals surface area contributed by atoms with Crippen LogP contribution in [0, 0.1) is 0 Å². The predicted molar refractivity (Wildman–Crippen MR) is 105 cm³/mol. The second kappa shape index (κ2) is 10.2. The van der Waals surface area contributed by atoms with Crippen LogP contribution in [-0.2, 0) is 6.54 Å². The zero-order valence-corrected chi connectivity index (χ0v) is 16.3. The highest BCUT2D eigenvalue weighted by Crippen LogP contribution is 2.17. The Balaban J connectivity index is 0.00000220. The van der Waals surface area contributed by atoms with Gasteiger partial charge in [0.25, 0.3) is 0 Å². The number of nitrogens with one attached hydrogen (secondary N) is 2. The van der Waals surface area contributed by atoms with Crippen molar-refractivity contribution in [1.29, 1.82) is 0 Å². The Morgan fingerprint density at radius 2 is 1.95 bits per heavy atom. The highest BCUT2D eigenvalue weighted by molar-refractivity contribution is 14.0. The Morgan fingerprint density at radius 3 is 2.57 bits per heavy atom. The molecular weight excluding hydrogens is 413 g/mol. The summed E-state index contributed by atoms with van der Waals surface area (Å²) < 4.78 is 0. The third kappa shape index (κ3) is 6.36. The summed E-state index contributed by atoms with van der Waals surface area (Å²) in [6, 6.07) is 4.30. The minimum atomic E-state index is 0. The van der Waals surface area contributed by atoms with Gasteiger partial charge in [0.2, 0.25) is 0 Å². The first-order valence-corrected chi connectivity index (χ1v) is 8.73. The summed E-state index contributed by atoms with van der Waals surface area (Å²) in [5.41, 5.74) is 2.65. The molecule has 0 aromatic carbocycles. The van der Waals surface area contributed by atoms with Gasteiger partial charge in [0.1, 0.15) is 0 Å². The first-order valence-electron chi connectivity index (χ1n) is 6.85. The van der Waals surface area contributed by atoms with E-state index < -0.39 is 0 Å². The average molecular weight is 435 g/mol. The quantitative estimate of drug-likeness (QED) is 0.404. The molecule has 0 aliphatic rings. The third-order valence-electron chi connectivity index (χ3n) is 3.03. The van der Waals surface area contributed by atoms with Gasteiger partial charge < -0.3 is 10.6 Å². The van der Waals surface area contributed by atoms with Gasteiger partial charge in [-0.2, -0.15) is 22.7 Å². The van der Waals surface area contributed by atoms with E-state index in [1.54, 1.807) is 22.7 Å². The van der Waals surface area contributed by atoms with Gasteiger partial charge in [0.15, 0.2) is 5.96 Å². The number of guanidine groups is 1. The Morgan fingerprint density at radius 1 is 1.19 bits per heavy atom. The van der Waals surface area contributed by atoms with E-state index in [9.17, 15) is 0 Å². The van der Waals surface area contributed by atoms with E-state index in [4.69, 9.17) is 0 Å². The van der Waals surface area contributed by atoms with Gasteiger partial charge >= 0.3 is 0 Å². The van der Waals surface area contributed by atoms with E-state index in [0.29, 0.717) is 5.92 Å². The molecule has 2 heterocycles. The monoisotopic (exact) mass is 435 g/mol. The molecule has 0 saturated heterocycles. The van der Waals surface area contributed by atoms with E-state index in [0.717, 1.165) is 25.6 Å². The highest BCUT2D eigenvalue weighted by atomic mass is 127. The van der Waals surface area contributed by atoms with Crippen LogP contribution in [0.1, 0.15) is 30.9 Å². The minimum Gasteiger partial charge on any atom is -0.357 e. The minimum absolute atomic E-state index is 0. The normalized spacial score (nSPS) is 12.6. The number of hydrogen-bond donors (Lipinski definition) is 2. The molecule has 0 saturated carbocycles. The second-order valence-corrected chi connectivity index (χ2v) is 6.23. The lowest BCUT2D eigenvalue weighted by Gasteiger charge is -2.15. The van der Waals surface area contributed by atoms with Gasteiger partial charge in [-0.15, -0.1) is 24.0 Å². The van der Waals surface area contributed by atoms with Crippen molar-refractivity contribution in [2.45, 2.75) is 26.3 Å². The van der Waals surface area contributed by atoms with Gasteiger partial charge in [-0.3, -0.25) is 0 Å². The number of nitrogens with zero attached hydrogens (tertiary/aromatic N) is 1. The van der Waals surface area contributed by atoms with E-state index in [1.807, 2.05) is 0 Å². The molecule has 2 rings (SSSR count). The molecule has 2 aromatic rings. The maximum atomic E-state index is 4.61. The van der Waals surface area contributed by atoms with Crippen LogP contribution < -0.4 is 10.6 Å². The molecular formula is C15H22IN3S2. The predicted octanol–water partition coefficient (Wildman–Crippen LogP) is 4.29. The summed E-state index contributed by atoms with van der Waals surface area (Å²) in [6.45, 7) is 6.82. The molecule has 2 aromatic heterocycles. The molecule has 0 radical (unpaired) electrons. The lowest BCUT2D eigenvalue weighted by Crippen LogP contribution is -2.39.